The molecule has 1 aromatic carbocycles. The number of hydrogen-bond acceptors (Lipinski definition) is 5. The molecular formula is C15H15N3O2. The quantitative estimate of drug-likeness (QED) is 0.890. The highest BCUT2D eigenvalue weighted by Crippen LogP contribution is 2.24. The van der Waals surface area contributed by atoms with Gasteiger partial charge in [0.15, 0.2) is 0 Å². The predicted molar refractivity (Wildman–Crippen MR) is 75.5 cm³/mol. The third kappa shape index (κ3) is 2.31. The molecule has 1 saturated heterocycles. The molecule has 0 saturated carbocycles. The van der Waals surface area contributed by atoms with Crippen LogP contribution in [0.3, 0.4) is 0 Å². The minimum Gasteiger partial charge on any atom is -0.394 e. The average molecular weight is 269 g/mol. The number of aliphatic hydroxyl groups excluding tert-OH is 1. The molecule has 1 atom stereocenters. The van der Waals surface area contributed by atoms with Crippen LogP contribution >= 0.6 is 0 Å². The number of aliphatic hydroxyl groups is 1. The third-order valence-corrected chi connectivity index (χ3v) is 3.47. The molecule has 1 N–H and O–H groups in total. The van der Waals surface area contributed by atoms with Gasteiger partial charge in [0, 0.05) is 18.5 Å². The van der Waals surface area contributed by atoms with Crippen molar-refractivity contribution in [2.45, 2.75) is 6.10 Å². The van der Waals surface area contributed by atoms with E-state index >= 15 is 0 Å². The number of nitriles is 1. The Morgan fingerprint density at radius 3 is 3.10 bits per heavy atom. The van der Waals surface area contributed by atoms with E-state index in [9.17, 15) is 10.4 Å². The Kier molecular flexibility index (Phi) is 3.50. The average Bonchev–Trinajstić information content (AvgIpc) is 2.53. The summed E-state index contributed by atoms with van der Waals surface area (Å²) in [6.45, 7) is 1.74. The second-order valence-electron chi connectivity index (χ2n) is 4.79. The van der Waals surface area contributed by atoms with Crippen LogP contribution in [0.1, 0.15) is 5.56 Å². The summed E-state index contributed by atoms with van der Waals surface area (Å²) >= 11 is 0. The Bertz CT molecular complexity index is 666. The van der Waals surface area contributed by atoms with E-state index in [2.05, 4.69) is 11.1 Å². The number of fused-ring (bicyclic) bond motifs is 1. The molecule has 0 bridgehead atoms. The standard InChI is InChI=1S/C15H15N3O2/c16-8-12-7-11-3-1-2-4-14(11)17-15(12)18-5-6-20-13(9-18)10-19/h1-4,7,13,19H,5-6,9-10H2. The van der Waals surface area contributed by atoms with E-state index in [1.165, 1.54) is 0 Å². The Hall–Kier alpha value is -2.16. The smallest absolute Gasteiger partial charge is 0.147 e. The molecule has 1 fully saturated rings. The molecule has 2 aromatic rings. The van der Waals surface area contributed by atoms with Gasteiger partial charge in [-0.1, -0.05) is 18.2 Å². The van der Waals surface area contributed by atoms with Crippen LogP contribution in [0.2, 0.25) is 0 Å². The van der Waals surface area contributed by atoms with Crippen molar-refractivity contribution in [2.75, 3.05) is 31.2 Å². The summed E-state index contributed by atoms with van der Waals surface area (Å²) in [5, 5.41) is 19.5. The van der Waals surface area contributed by atoms with Crippen LogP contribution in [-0.4, -0.2) is 42.5 Å². The van der Waals surface area contributed by atoms with Gasteiger partial charge >= 0.3 is 0 Å². The lowest BCUT2D eigenvalue weighted by atomic mass is 10.1. The molecule has 1 aliphatic heterocycles. The van der Waals surface area contributed by atoms with Crippen molar-refractivity contribution in [3.8, 4) is 6.07 Å². The summed E-state index contributed by atoms with van der Waals surface area (Å²) < 4.78 is 5.44. The van der Waals surface area contributed by atoms with Crippen LogP contribution in [0.5, 0.6) is 0 Å². The van der Waals surface area contributed by atoms with Gasteiger partial charge in [0.1, 0.15) is 11.9 Å². The van der Waals surface area contributed by atoms with Crippen molar-refractivity contribution >= 4 is 16.7 Å². The van der Waals surface area contributed by atoms with E-state index in [0.717, 1.165) is 10.9 Å². The van der Waals surface area contributed by atoms with Crippen LogP contribution in [0.4, 0.5) is 5.82 Å². The fraction of sp³-hybridized carbons (Fsp3) is 0.333. The van der Waals surface area contributed by atoms with E-state index < -0.39 is 0 Å². The molecule has 0 radical (unpaired) electrons. The molecule has 5 heteroatoms. The highest BCUT2D eigenvalue weighted by molar-refractivity contribution is 5.83. The lowest BCUT2D eigenvalue weighted by Gasteiger charge is -2.33. The number of ether oxygens (including phenoxy) is 1. The van der Waals surface area contributed by atoms with Gasteiger partial charge in [0.2, 0.25) is 0 Å². The first kappa shape index (κ1) is 12.9. The number of pyridine rings is 1. The SMILES string of the molecule is N#Cc1cc2ccccc2nc1N1CCOC(CO)C1. The first-order valence-corrected chi connectivity index (χ1v) is 6.59. The van der Waals surface area contributed by atoms with Crippen LogP contribution in [0.25, 0.3) is 10.9 Å². The molecule has 20 heavy (non-hydrogen) atoms. The number of aromatic nitrogens is 1. The Morgan fingerprint density at radius 1 is 1.45 bits per heavy atom. The molecule has 2 heterocycles. The second-order valence-corrected chi connectivity index (χ2v) is 4.79. The van der Waals surface area contributed by atoms with E-state index in [1.54, 1.807) is 0 Å². The zero-order valence-electron chi connectivity index (χ0n) is 11.0. The van der Waals surface area contributed by atoms with Crippen LogP contribution in [-0.2, 0) is 4.74 Å². The fourth-order valence-corrected chi connectivity index (χ4v) is 2.45. The van der Waals surface area contributed by atoms with Crippen molar-refractivity contribution in [3.63, 3.8) is 0 Å². The van der Waals surface area contributed by atoms with Gasteiger partial charge in [-0.05, 0) is 12.1 Å². The number of benzene rings is 1. The molecule has 5 nitrogen and oxygen atoms in total. The number of hydrogen-bond donors (Lipinski definition) is 1. The van der Waals surface area contributed by atoms with Gasteiger partial charge in [0.25, 0.3) is 0 Å². The van der Waals surface area contributed by atoms with Crippen molar-refractivity contribution in [3.05, 3.63) is 35.9 Å². The first-order valence-electron chi connectivity index (χ1n) is 6.59. The van der Waals surface area contributed by atoms with Crippen LogP contribution < -0.4 is 4.90 Å². The molecular weight excluding hydrogens is 254 g/mol. The van der Waals surface area contributed by atoms with Gasteiger partial charge in [-0.25, -0.2) is 4.98 Å². The fourth-order valence-electron chi connectivity index (χ4n) is 2.45. The predicted octanol–water partition coefficient (Wildman–Crippen LogP) is 1.30. The van der Waals surface area contributed by atoms with Crippen molar-refractivity contribution < 1.29 is 9.84 Å². The Labute approximate surface area is 117 Å². The molecule has 3 rings (SSSR count). The zero-order chi connectivity index (χ0) is 13.9. The van der Waals surface area contributed by atoms with E-state index in [1.807, 2.05) is 35.2 Å². The molecule has 0 spiro atoms. The van der Waals surface area contributed by atoms with E-state index in [0.29, 0.717) is 31.1 Å². The monoisotopic (exact) mass is 269 g/mol. The van der Waals surface area contributed by atoms with Gasteiger partial charge in [-0.2, -0.15) is 5.26 Å². The molecule has 0 aliphatic carbocycles. The number of rotatable bonds is 2. The number of morpholine rings is 1. The summed E-state index contributed by atoms with van der Waals surface area (Å²) in [4.78, 5) is 6.61. The number of anilines is 1. The minimum atomic E-state index is -0.219. The zero-order valence-corrected chi connectivity index (χ0v) is 11.0. The van der Waals surface area contributed by atoms with Crippen molar-refractivity contribution in [1.29, 1.82) is 5.26 Å². The summed E-state index contributed by atoms with van der Waals surface area (Å²) in [5.74, 6) is 0.674. The Balaban J connectivity index is 2.03. The van der Waals surface area contributed by atoms with E-state index in [-0.39, 0.29) is 12.7 Å². The minimum absolute atomic E-state index is 0.0219. The van der Waals surface area contributed by atoms with Crippen LogP contribution in [0.15, 0.2) is 30.3 Å². The molecule has 102 valence electrons. The third-order valence-electron chi connectivity index (χ3n) is 3.47. The van der Waals surface area contributed by atoms with Gasteiger partial charge in [0.05, 0.1) is 30.4 Å². The maximum atomic E-state index is 9.33. The van der Waals surface area contributed by atoms with Gasteiger partial charge in [-0.3, -0.25) is 0 Å². The highest BCUT2D eigenvalue weighted by atomic mass is 16.5. The first-order chi connectivity index (χ1) is 9.81. The largest absolute Gasteiger partial charge is 0.394 e. The van der Waals surface area contributed by atoms with E-state index in [4.69, 9.17) is 4.74 Å². The molecule has 1 aliphatic rings. The van der Waals surface area contributed by atoms with Gasteiger partial charge in [-0.15, -0.1) is 0 Å². The summed E-state index contributed by atoms with van der Waals surface area (Å²) in [6.07, 6.45) is -0.219. The topological polar surface area (TPSA) is 69.4 Å². The van der Waals surface area contributed by atoms with Crippen molar-refractivity contribution in [2.24, 2.45) is 0 Å². The highest BCUT2D eigenvalue weighted by Gasteiger charge is 2.23. The normalized spacial score (nSPS) is 19.0. The summed E-state index contributed by atoms with van der Waals surface area (Å²) in [7, 11) is 0. The summed E-state index contributed by atoms with van der Waals surface area (Å²) in [5.41, 5.74) is 1.43. The molecule has 0 amide bonds. The van der Waals surface area contributed by atoms with Gasteiger partial charge < -0.3 is 14.7 Å². The Morgan fingerprint density at radius 2 is 2.30 bits per heavy atom. The maximum absolute atomic E-state index is 9.33. The lowest BCUT2D eigenvalue weighted by Crippen LogP contribution is -2.44. The second kappa shape index (κ2) is 5.45. The number of para-hydroxylation sites is 1. The summed E-state index contributed by atoms with van der Waals surface area (Å²) in [6, 6.07) is 11.8. The maximum Gasteiger partial charge on any atom is 0.147 e. The molecule has 1 unspecified atom stereocenters. The van der Waals surface area contributed by atoms with Crippen LogP contribution in [0, 0.1) is 11.3 Å². The lowest BCUT2D eigenvalue weighted by molar-refractivity contribution is 0.00336. The molecule has 1 aromatic heterocycles. The number of nitrogens with zero attached hydrogens (tertiary/aromatic N) is 3. The van der Waals surface area contributed by atoms with Crippen molar-refractivity contribution in [1.82, 2.24) is 4.98 Å².